The Morgan fingerprint density at radius 3 is 2.85 bits per heavy atom. The van der Waals surface area contributed by atoms with Gasteiger partial charge in [-0.2, -0.15) is 0 Å². The van der Waals surface area contributed by atoms with Crippen molar-refractivity contribution >= 4 is 0 Å². The van der Waals surface area contributed by atoms with Gasteiger partial charge in [-0.1, -0.05) is 20.3 Å². The monoisotopic (exact) mass is 185 g/mol. The topological polar surface area (TPSA) is 12.5 Å². The molecule has 1 atom stereocenters. The van der Waals surface area contributed by atoms with Crippen LogP contribution in [0.15, 0.2) is 0 Å². The van der Waals surface area contributed by atoms with E-state index in [-0.39, 0.29) is 0 Å². The van der Waals surface area contributed by atoms with Crippen molar-refractivity contribution in [1.82, 2.24) is 4.90 Å². The molecule has 0 aromatic carbocycles. The van der Waals surface area contributed by atoms with Crippen LogP contribution in [-0.4, -0.2) is 37.7 Å². The maximum atomic E-state index is 5.53. The Morgan fingerprint density at radius 2 is 2.23 bits per heavy atom. The predicted molar refractivity (Wildman–Crippen MR) is 55.9 cm³/mol. The first-order valence-electron chi connectivity index (χ1n) is 5.63. The zero-order valence-corrected chi connectivity index (χ0v) is 9.09. The minimum Gasteiger partial charge on any atom is -0.380 e. The fraction of sp³-hybridized carbons (Fsp3) is 1.00. The van der Waals surface area contributed by atoms with Gasteiger partial charge in [-0.05, 0) is 25.3 Å². The molecule has 0 amide bonds. The predicted octanol–water partition coefficient (Wildman–Crippen LogP) is 2.14. The molecule has 0 spiro atoms. The zero-order chi connectivity index (χ0) is 9.52. The van der Waals surface area contributed by atoms with E-state index in [1.165, 1.54) is 32.4 Å². The smallest absolute Gasteiger partial charge is 0.0593 e. The van der Waals surface area contributed by atoms with Crippen LogP contribution in [0, 0.1) is 5.92 Å². The molecule has 0 aromatic rings. The molecule has 1 aliphatic heterocycles. The van der Waals surface area contributed by atoms with E-state index in [2.05, 4.69) is 18.7 Å². The van der Waals surface area contributed by atoms with Crippen LogP contribution in [0.3, 0.4) is 0 Å². The Balaban J connectivity index is 1.88. The molecule has 1 rings (SSSR count). The highest BCUT2D eigenvalue weighted by Gasteiger charge is 2.17. The second-order valence-electron chi connectivity index (χ2n) is 4.16. The number of hydrogen-bond acceptors (Lipinski definition) is 2. The van der Waals surface area contributed by atoms with Crippen LogP contribution in [-0.2, 0) is 4.74 Å². The van der Waals surface area contributed by atoms with Gasteiger partial charge >= 0.3 is 0 Å². The number of nitrogens with zero attached hydrogens (tertiary/aromatic N) is 1. The van der Waals surface area contributed by atoms with Gasteiger partial charge in [0.1, 0.15) is 0 Å². The summed E-state index contributed by atoms with van der Waals surface area (Å²) in [5, 5.41) is 0. The molecule has 0 radical (unpaired) electrons. The van der Waals surface area contributed by atoms with Gasteiger partial charge in [0.2, 0.25) is 0 Å². The lowest BCUT2D eigenvalue weighted by Gasteiger charge is -2.14. The summed E-state index contributed by atoms with van der Waals surface area (Å²) in [6.07, 6.45) is 3.81. The highest BCUT2D eigenvalue weighted by atomic mass is 16.5. The Labute approximate surface area is 82.3 Å². The maximum Gasteiger partial charge on any atom is 0.0593 e. The van der Waals surface area contributed by atoms with Crippen molar-refractivity contribution in [1.29, 1.82) is 0 Å². The first kappa shape index (κ1) is 11.0. The quantitative estimate of drug-likeness (QED) is 0.588. The third kappa shape index (κ3) is 4.63. The lowest BCUT2D eigenvalue weighted by atomic mass is 10.2. The average molecular weight is 185 g/mol. The summed E-state index contributed by atoms with van der Waals surface area (Å²) in [6.45, 7) is 10.1. The lowest BCUT2D eigenvalue weighted by molar-refractivity contribution is 0.108. The van der Waals surface area contributed by atoms with Crippen LogP contribution in [0.1, 0.15) is 33.1 Å². The van der Waals surface area contributed by atoms with Crippen LogP contribution in [0.2, 0.25) is 0 Å². The van der Waals surface area contributed by atoms with E-state index in [1.54, 1.807) is 0 Å². The number of hydrogen-bond donors (Lipinski definition) is 0. The van der Waals surface area contributed by atoms with Crippen molar-refractivity contribution in [3.05, 3.63) is 0 Å². The van der Waals surface area contributed by atoms with Crippen molar-refractivity contribution in [2.24, 2.45) is 5.92 Å². The molecule has 0 bridgehead atoms. The van der Waals surface area contributed by atoms with Gasteiger partial charge in [0, 0.05) is 19.7 Å². The number of unbranched alkanes of at least 4 members (excludes halogenated alkanes) is 1. The summed E-state index contributed by atoms with van der Waals surface area (Å²) in [6, 6.07) is 0. The van der Waals surface area contributed by atoms with Gasteiger partial charge in [0.15, 0.2) is 0 Å². The van der Waals surface area contributed by atoms with E-state index in [1.807, 2.05) is 0 Å². The minimum absolute atomic E-state index is 0.899. The molecular weight excluding hydrogens is 162 g/mol. The average Bonchev–Trinajstić information content (AvgIpc) is 2.51. The molecule has 2 heteroatoms. The summed E-state index contributed by atoms with van der Waals surface area (Å²) in [7, 11) is 0. The lowest BCUT2D eigenvalue weighted by Crippen LogP contribution is -2.25. The molecular formula is C11H23NO. The summed E-state index contributed by atoms with van der Waals surface area (Å²) in [5.41, 5.74) is 0. The van der Waals surface area contributed by atoms with Crippen molar-refractivity contribution in [2.75, 3.05) is 32.8 Å². The third-order valence-electron chi connectivity index (χ3n) is 2.70. The van der Waals surface area contributed by atoms with Crippen molar-refractivity contribution in [3.63, 3.8) is 0 Å². The Morgan fingerprint density at radius 1 is 1.38 bits per heavy atom. The highest BCUT2D eigenvalue weighted by Crippen LogP contribution is 2.13. The van der Waals surface area contributed by atoms with Gasteiger partial charge in [-0.25, -0.2) is 0 Å². The van der Waals surface area contributed by atoms with Gasteiger partial charge in [0.25, 0.3) is 0 Å². The molecule has 78 valence electrons. The van der Waals surface area contributed by atoms with E-state index < -0.39 is 0 Å². The molecule has 2 nitrogen and oxygen atoms in total. The first-order valence-corrected chi connectivity index (χ1v) is 5.63. The Kier molecular flexibility index (Phi) is 5.40. The molecule has 0 saturated carbocycles. The molecule has 0 N–H and O–H groups in total. The number of ether oxygens (including phenoxy) is 1. The van der Waals surface area contributed by atoms with Crippen molar-refractivity contribution < 1.29 is 4.74 Å². The SMILES string of the molecule is CCCCOCCN1CC[C@@H](C)C1. The molecule has 1 aliphatic rings. The first-order chi connectivity index (χ1) is 6.33. The maximum absolute atomic E-state index is 5.53. The van der Waals surface area contributed by atoms with Crippen LogP contribution in [0.5, 0.6) is 0 Å². The van der Waals surface area contributed by atoms with Crippen LogP contribution in [0.4, 0.5) is 0 Å². The summed E-state index contributed by atoms with van der Waals surface area (Å²) < 4.78 is 5.53. The Hall–Kier alpha value is -0.0800. The highest BCUT2D eigenvalue weighted by molar-refractivity contribution is 4.71. The molecule has 0 aliphatic carbocycles. The molecule has 1 saturated heterocycles. The summed E-state index contributed by atoms with van der Waals surface area (Å²) >= 11 is 0. The van der Waals surface area contributed by atoms with E-state index in [4.69, 9.17) is 4.74 Å². The fourth-order valence-electron chi connectivity index (χ4n) is 1.77. The summed E-state index contributed by atoms with van der Waals surface area (Å²) in [4.78, 5) is 2.51. The van der Waals surface area contributed by atoms with Gasteiger partial charge in [0.05, 0.1) is 6.61 Å². The molecule has 1 fully saturated rings. The van der Waals surface area contributed by atoms with Gasteiger partial charge in [-0.3, -0.25) is 0 Å². The normalized spacial score (nSPS) is 24.0. The second-order valence-corrected chi connectivity index (χ2v) is 4.16. The van der Waals surface area contributed by atoms with Crippen LogP contribution >= 0.6 is 0 Å². The third-order valence-corrected chi connectivity index (χ3v) is 2.70. The number of rotatable bonds is 6. The fourth-order valence-corrected chi connectivity index (χ4v) is 1.77. The molecule has 1 heterocycles. The van der Waals surface area contributed by atoms with Crippen molar-refractivity contribution in [3.8, 4) is 0 Å². The second kappa shape index (κ2) is 6.39. The zero-order valence-electron chi connectivity index (χ0n) is 9.09. The largest absolute Gasteiger partial charge is 0.380 e. The van der Waals surface area contributed by atoms with E-state index >= 15 is 0 Å². The van der Waals surface area contributed by atoms with Crippen LogP contribution in [0.25, 0.3) is 0 Å². The van der Waals surface area contributed by atoms with Gasteiger partial charge in [-0.15, -0.1) is 0 Å². The van der Waals surface area contributed by atoms with E-state index in [9.17, 15) is 0 Å². The summed E-state index contributed by atoms with van der Waals surface area (Å²) in [5.74, 6) is 0.899. The van der Waals surface area contributed by atoms with Crippen LogP contribution < -0.4 is 0 Å². The molecule has 0 aromatic heterocycles. The van der Waals surface area contributed by atoms with Gasteiger partial charge < -0.3 is 9.64 Å². The Bertz CT molecular complexity index is 127. The molecule has 13 heavy (non-hydrogen) atoms. The van der Waals surface area contributed by atoms with E-state index in [0.29, 0.717) is 0 Å². The van der Waals surface area contributed by atoms with E-state index in [0.717, 1.165) is 25.7 Å². The minimum atomic E-state index is 0.899. The number of likely N-dealkylation sites (tertiary alicyclic amines) is 1. The standard InChI is InChI=1S/C11H23NO/c1-3-4-8-13-9-7-12-6-5-11(2)10-12/h11H,3-10H2,1-2H3/t11-/m1/s1. The van der Waals surface area contributed by atoms with Crippen molar-refractivity contribution in [2.45, 2.75) is 33.1 Å². The molecule has 0 unspecified atom stereocenters.